The van der Waals surface area contributed by atoms with Crippen LogP contribution in [0.4, 0.5) is 5.69 Å². The number of aromatic nitrogens is 2. The maximum absolute atomic E-state index is 12.7. The second-order valence-electron chi connectivity index (χ2n) is 6.95. The van der Waals surface area contributed by atoms with Gasteiger partial charge in [-0.3, -0.25) is 9.59 Å². The van der Waals surface area contributed by atoms with Gasteiger partial charge in [-0.2, -0.15) is 0 Å². The lowest BCUT2D eigenvalue weighted by Crippen LogP contribution is -2.23. The van der Waals surface area contributed by atoms with E-state index in [1.165, 1.54) is 23.1 Å². The van der Waals surface area contributed by atoms with Gasteiger partial charge in [-0.25, -0.2) is 4.98 Å². The van der Waals surface area contributed by atoms with E-state index in [0.717, 1.165) is 31.7 Å². The summed E-state index contributed by atoms with van der Waals surface area (Å²) < 4.78 is 0. The number of anilines is 1. The molecule has 148 valence electrons. The summed E-state index contributed by atoms with van der Waals surface area (Å²) in [5.74, 6) is 0.988. The summed E-state index contributed by atoms with van der Waals surface area (Å²) in [5, 5.41) is 5.50. The van der Waals surface area contributed by atoms with E-state index in [1.807, 2.05) is 63.2 Å². The number of carbonyl (C=O) groups excluding carboxylic acids is 1. The van der Waals surface area contributed by atoms with Gasteiger partial charge in [0.05, 0.1) is 16.4 Å². The third-order valence-corrected chi connectivity index (χ3v) is 7.23. The first-order valence-corrected chi connectivity index (χ1v) is 11.2. The number of hydrogen-bond acceptors (Lipinski definition) is 5. The third kappa shape index (κ3) is 3.93. The number of aromatic amines is 1. The lowest BCUT2D eigenvalue weighted by atomic mass is 10.1. The molecule has 4 aromatic rings. The Bertz CT molecular complexity index is 1270. The van der Waals surface area contributed by atoms with Gasteiger partial charge in [-0.15, -0.1) is 23.1 Å². The molecule has 0 saturated carbocycles. The van der Waals surface area contributed by atoms with E-state index in [9.17, 15) is 9.59 Å². The van der Waals surface area contributed by atoms with Crippen LogP contribution in [0.1, 0.15) is 23.2 Å². The molecule has 4 rings (SSSR count). The predicted octanol–water partition coefficient (Wildman–Crippen LogP) is 5.02. The number of aryl methyl sites for hydroxylation is 2. The van der Waals surface area contributed by atoms with Crippen molar-refractivity contribution < 1.29 is 4.79 Å². The number of thiophene rings is 1. The van der Waals surface area contributed by atoms with E-state index >= 15 is 0 Å². The molecule has 0 saturated heterocycles. The minimum atomic E-state index is -0.290. The van der Waals surface area contributed by atoms with Crippen molar-refractivity contribution in [3.8, 4) is 0 Å². The molecule has 0 aliphatic rings. The van der Waals surface area contributed by atoms with Gasteiger partial charge in [0.2, 0.25) is 5.91 Å². The SMILES string of the molecule is Cc1sc2nc(CSC(C)C(=O)Nc3cccc4ccccc34)[nH]c(=O)c2c1C. The van der Waals surface area contributed by atoms with E-state index in [-0.39, 0.29) is 16.7 Å². The Balaban J connectivity index is 1.47. The molecule has 0 aliphatic heterocycles. The van der Waals surface area contributed by atoms with Crippen molar-refractivity contribution >= 4 is 55.7 Å². The molecule has 2 aromatic carbocycles. The number of thioether (sulfide) groups is 1. The Labute approximate surface area is 176 Å². The minimum absolute atomic E-state index is 0.0717. The standard InChI is InChI=1S/C22H21N3O2S2/c1-12-13(2)29-22-19(12)21(27)24-18(25-22)11-28-14(3)20(26)23-17-10-6-8-15-7-4-5-9-16(15)17/h4-10,14H,11H2,1-3H3,(H,23,26)(H,24,25,27). The fraction of sp³-hybridized carbons (Fsp3) is 0.227. The highest BCUT2D eigenvalue weighted by Gasteiger charge is 2.17. The van der Waals surface area contributed by atoms with Crippen molar-refractivity contribution in [2.45, 2.75) is 31.8 Å². The summed E-state index contributed by atoms with van der Waals surface area (Å²) in [4.78, 5) is 34.4. The van der Waals surface area contributed by atoms with E-state index in [4.69, 9.17) is 0 Å². The van der Waals surface area contributed by atoms with Crippen LogP contribution in [0.5, 0.6) is 0 Å². The Kier molecular flexibility index (Phi) is 5.43. The molecular formula is C22H21N3O2S2. The zero-order valence-electron chi connectivity index (χ0n) is 16.4. The molecule has 0 spiro atoms. The smallest absolute Gasteiger partial charge is 0.259 e. The molecule has 7 heteroatoms. The Morgan fingerprint density at radius 2 is 1.97 bits per heavy atom. The van der Waals surface area contributed by atoms with Crippen LogP contribution in [0.25, 0.3) is 21.0 Å². The van der Waals surface area contributed by atoms with Crippen molar-refractivity contribution in [3.63, 3.8) is 0 Å². The van der Waals surface area contributed by atoms with E-state index in [2.05, 4.69) is 15.3 Å². The van der Waals surface area contributed by atoms with Crippen LogP contribution in [0.15, 0.2) is 47.3 Å². The highest BCUT2D eigenvalue weighted by molar-refractivity contribution is 7.99. The van der Waals surface area contributed by atoms with Crippen LogP contribution in [0.3, 0.4) is 0 Å². The summed E-state index contributed by atoms with van der Waals surface area (Å²) in [6.45, 7) is 5.80. The van der Waals surface area contributed by atoms with E-state index in [1.54, 1.807) is 0 Å². The fourth-order valence-electron chi connectivity index (χ4n) is 3.22. The quantitative estimate of drug-likeness (QED) is 0.473. The Hall–Kier alpha value is -2.64. The molecule has 2 aromatic heterocycles. The lowest BCUT2D eigenvalue weighted by Gasteiger charge is -2.13. The van der Waals surface area contributed by atoms with Crippen LogP contribution in [-0.2, 0) is 10.5 Å². The van der Waals surface area contributed by atoms with Gasteiger partial charge in [0.15, 0.2) is 0 Å². The average molecular weight is 424 g/mol. The summed E-state index contributed by atoms with van der Waals surface area (Å²) in [5.41, 5.74) is 1.68. The number of hydrogen-bond donors (Lipinski definition) is 2. The van der Waals surface area contributed by atoms with Gasteiger partial charge in [0.1, 0.15) is 10.7 Å². The van der Waals surface area contributed by atoms with Crippen LogP contribution >= 0.6 is 23.1 Å². The fourth-order valence-corrected chi connectivity index (χ4v) is 5.02. The second-order valence-corrected chi connectivity index (χ2v) is 9.48. The van der Waals surface area contributed by atoms with Gasteiger partial charge in [-0.1, -0.05) is 36.4 Å². The molecule has 2 N–H and O–H groups in total. The van der Waals surface area contributed by atoms with Crippen LogP contribution in [-0.4, -0.2) is 21.1 Å². The third-order valence-electron chi connectivity index (χ3n) is 4.97. The molecule has 0 bridgehead atoms. The van der Waals surface area contributed by atoms with E-state index in [0.29, 0.717) is 17.0 Å². The number of nitrogens with zero attached hydrogens (tertiary/aromatic N) is 1. The van der Waals surface area contributed by atoms with Crippen LogP contribution < -0.4 is 10.9 Å². The van der Waals surface area contributed by atoms with Crippen molar-refractivity contribution in [3.05, 3.63) is 69.1 Å². The van der Waals surface area contributed by atoms with Gasteiger partial charge in [0, 0.05) is 16.0 Å². The summed E-state index contributed by atoms with van der Waals surface area (Å²) >= 11 is 2.98. The maximum Gasteiger partial charge on any atom is 0.259 e. The highest BCUT2D eigenvalue weighted by atomic mass is 32.2. The average Bonchev–Trinajstić information content (AvgIpc) is 3.00. The van der Waals surface area contributed by atoms with Crippen molar-refractivity contribution in [2.75, 3.05) is 5.32 Å². The van der Waals surface area contributed by atoms with Crippen LogP contribution in [0, 0.1) is 13.8 Å². The summed E-state index contributed by atoms with van der Waals surface area (Å²) in [6, 6.07) is 13.8. The molecule has 5 nitrogen and oxygen atoms in total. The second kappa shape index (κ2) is 8.00. The number of H-pyrrole nitrogens is 1. The number of amides is 1. The molecule has 0 radical (unpaired) electrons. The van der Waals surface area contributed by atoms with Gasteiger partial charge in [-0.05, 0) is 37.8 Å². The zero-order valence-corrected chi connectivity index (χ0v) is 18.0. The molecule has 1 amide bonds. The first-order valence-electron chi connectivity index (χ1n) is 9.33. The summed E-state index contributed by atoms with van der Waals surface area (Å²) in [6.07, 6.45) is 0. The zero-order chi connectivity index (χ0) is 20.5. The van der Waals surface area contributed by atoms with Crippen LogP contribution in [0.2, 0.25) is 0 Å². The Morgan fingerprint density at radius 3 is 2.79 bits per heavy atom. The number of rotatable bonds is 5. The predicted molar refractivity (Wildman–Crippen MR) is 123 cm³/mol. The van der Waals surface area contributed by atoms with Crippen molar-refractivity contribution in [1.29, 1.82) is 0 Å². The number of benzene rings is 2. The summed E-state index contributed by atoms with van der Waals surface area (Å²) in [7, 11) is 0. The van der Waals surface area contributed by atoms with E-state index < -0.39 is 0 Å². The minimum Gasteiger partial charge on any atom is -0.325 e. The molecule has 0 fully saturated rings. The molecule has 29 heavy (non-hydrogen) atoms. The van der Waals surface area contributed by atoms with Gasteiger partial charge >= 0.3 is 0 Å². The van der Waals surface area contributed by atoms with Gasteiger partial charge < -0.3 is 10.3 Å². The topological polar surface area (TPSA) is 74.8 Å². The monoisotopic (exact) mass is 423 g/mol. The first kappa shape index (κ1) is 19.7. The molecule has 1 unspecified atom stereocenters. The molecular weight excluding hydrogens is 402 g/mol. The number of fused-ring (bicyclic) bond motifs is 2. The van der Waals surface area contributed by atoms with Gasteiger partial charge in [0.25, 0.3) is 5.56 Å². The maximum atomic E-state index is 12.7. The normalized spacial score (nSPS) is 12.4. The number of nitrogens with one attached hydrogen (secondary N) is 2. The molecule has 0 aliphatic carbocycles. The number of carbonyl (C=O) groups is 1. The lowest BCUT2D eigenvalue weighted by molar-refractivity contribution is -0.115. The largest absolute Gasteiger partial charge is 0.325 e. The van der Waals surface area contributed by atoms with Crippen molar-refractivity contribution in [1.82, 2.24) is 9.97 Å². The molecule has 1 atom stereocenters. The highest BCUT2D eigenvalue weighted by Crippen LogP contribution is 2.27. The van der Waals surface area contributed by atoms with Crippen molar-refractivity contribution in [2.24, 2.45) is 0 Å². The Morgan fingerprint density at radius 1 is 1.21 bits per heavy atom. The first-order chi connectivity index (χ1) is 13.9. The molecule has 2 heterocycles.